The Balaban J connectivity index is 2.59. The molecule has 0 aliphatic carbocycles. The van der Waals surface area contributed by atoms with Crippen LogP contribution < -0.4 is 0 Å². The number of hydrogen-bond donors (Lipinski definition) is 1. The Labute approximate surface area is 79.2 Å². The van der Waals surface area contributed by atoms with Crippen molar-refractivity contribution in [2.24, 2.45) is 0 Å². The van der Waals surface area contributed by atoms with Gasteiger partial charge in [0, 0.05) is 7.11 Å². The summed E-state index contributed by atoms with van der Waals surface area (Å²) in [7, 11) is 1.68. The van der Waals surface area contributed by atoms with Crippen molar-refractivity contribution < 1.29 is 9.84 Å². The van der Waals surface area contributed by atoms with Gasteiger partial charge in [-0.15, -0.1) is 0 Å². The fourth-order valence-electron chi connectivity index (χ4n) is 1.28. The number of aliphatic hydroxyl groups is 1. The summed E-state index contributed by atoms with van der Waals surface area (Å²) >= 11 is 0. The first kappa shape index (κ1) is 10.2. The third-order valence-corrected chi connectivity index (χ3v) is 1.87. The quantitative estimate of drug-likeness (QED) is 0.765. The van der Waals surface area contributed by atoms with Gasteiger partial charge in [0.2, 0.25) is 0 Å². The number of benzene rings is 1. The van der Waals surface area contributed by atoms with E-state index in [2.05, 4.69) is 0 Å². The second kappa shape index (κ2) is 5.00. The maximum atomic E-state index is 9.15. The van der Waals surface area contributed by atoms with Crippen molar-refractivity contribution in [3.05, 3.63) is 35.4 Å². The molecule has 0 aliphatic heterocycles. The second-order valence-electron chi connectivity index (χ2n) is 3.30. The van der Waals surface area contributed by atoms with Gasteiger partial charge in [0.15, 0.2) is 0 Å². The molecule has 0 bridgehead atoms. The van der Waals surface area contributed by atoms with E-state index in [1.54, 1.807) is 14.0 Å². The Morgan fingerprint density at radius 1 is 1.23 bits per heavy atom. The lowest BCUT2D eigenvalue weighted by Crippen LogP contribution is -2.03. The van der Waals surface area contributed by atoms with Crippen LogP contribution in [0.2, 0.25) is 0 Å². The van der Waals surface area contributed by atoms with Crippen molar-refractivity contribution >= 4 is 0 Å². The highest BCUT2D eigenvalue weighted by Gasteiger charge is 1.98. The van der Waals surface area contributed by atoms with Crippen LogP contribution in [-0.4, -0.2) is 18.3 Å². The highest BCUT2D eigenvalue weighted by molar-refractivity contribution is 5.22. The highest BCUT2D eigenvalue weighted by Crippen LogP contribution is 2.07. The molecule has 0 saturated carbocycles. The van der Waals surface area contributed by atoms with Gasteiger partial charge < -0.3 is 9.84 Å². The maximum absolute atomic E-state index is 9.15. The molecule has 1 atom stereocenters. The molecular weight excluding hydrogens is 164 g/mol. The van der Waals surface area contributed by atoms with E-state index >= 15 is 0 Å². The lowest BCUT2D eigenvalue weighted by molar-refractivity contribution is 0.184. The Morgan fingerprint density at radius 3 is 2.23 bits per heavy atom. The Bertz CT molecular complexity index is 239. The number of ether oxygens (including phenoxy) is 1. The Hall–Kier alpha value is -0.860. The molecule has 1 aromatic carbocycles. The normalized spacial score (nSPS) is 12.8. The zero-order chi connectivity index (χ0) is 9.68. The van der Waals surface area contributed by atoms with E-state index in [1.165, 1.54) is 0 Å². The fraction of sp³-hybridized carbons (Fsp3) is 0.455. The van der Waals surface area contributed by atoms with Crippen LogP contribution in [-0.2, 0) is 17.8 Å². The molecule has 0 spiro atoms. The van der Waals surface area contributed by atoms with Crippen molar-refractivity contribution in [2.75, 3.05) is 7.11 Å². The molecule has 0 saturated heterocycles. The van der Waals surface area contributed by atoms with E-state index in [-0.39, 0.29) is 6.10 Å². The molecule has 1 aromatic rings. The number of hydrogen-bond acceptors (Lipinski definition) is 2. The molecule has 0 aromatic heterocycles. The minimum Gasteiger partial charge on any atom is -0.393 e. The third kappa shape index (κ3) is 3.57. The second-order valence-corrected chi connectivity index (χ2v) is 3.30. The number of rotatable bonds is 4. The Kier molecular flexibility index (Phi) is 3.93. The predicted octanol–water partition coefficient (Wildman–Crippen LogP) is 1.76. The van der Waals surface area contributed by atoms with Gasteiger partial charge in [-0.1, -0.05) is 24.3 Å². The van der Waals surface area contributed by atoms with Crippen molar-refractivity contribution in [3.63, 3.8) is 0 Å². The van der Waals surface area contributed by atoms with Crippen molar-refractivity contribution in [3.8, 4) is 0 Å². The average molecular weight is 180 g/mol. The monoisotopic (exact) mass is 180 g/mol. The zero-order valence-electron chi connectivity index (χ0n) is 8.16. The van der Waals surface area contributed by atoms with E-state index in [1.807, 2.05) is 24.3 Å². The average Bonchev–Trinajstić information content (AvgIpc) is 2.08. The van der Waals surface area contributed by atoms with Crippen LogP contribution in [0.5, 0.6) is 0 Å². The predicted molar refractivity (Wildman–Crippen MR) is 52.5 cm³/mol. The number of aliphatic hydroxyl groups excluding tert-OH is 1. The summed E-state index contributed by atoms with van der Waals surface area (Å²) in [6.07, 6.45) is 0.445. The van der Waals surface area contributed by atoms with Gasteiger partial charge in [0.05, 0.1) is 12.7 Å². The first-order chi connectivity index (χ1) is 6.22. The van der Waals surface area contributed by atoms with Crippen LogP contribution in [0.25, 0.3) is 0 Å². The first-order valence-electron chi connectivity index (χ1n) is 4.47. The molecular formula is C11H16O2. The summed E-state index contributed by atoms with van der Waals surface area (Å²) in [5.41, 5.74) is 2.33. The molecule has 72 valence electrons. The van der Waals surface area contributed by atoms with Gasteiger partial charge in [0.1, 0.15) is 0 Å². The topological polar surface area (TPSA) is 29.5 Å². The van der Waals surface area contributed by atoms with Gasteiger partial charge in [0.25, 0.3) is 0 Å². The molecule has 0 radical (unpaired) electrons. The smallest absolute Gasteiger partial charge is 0.0713 e. The first-order valence-corrected chi connectivity index (χ1v) is 4.47. The van der Waals surface area contributed by atoms with Crippen LogP contribution >= 0.6 is 0 Å². The maximum Gasteiger partial charge on any atom is 0.0713 e. The lowest BCUT2D eigenvalue weighted by atomic mass is 10.1. The molecule has 1 N–H and O–H groups in total. The van der Waals surface area contributed by atoms with Crippen LogP contribution in [0.1, 0.15) is 18.1 Å². The molecule has 0 aliphatic rings. The molecule has 0 fully saturated rings. The summed E-state index contributed by atoms with van der Waals surface area (Å²) < 4.78 is 5.00. The van der Waals surface area contributed by atoms with E-state index in [0.717, 1.165) is 11.1 Å². The SMILES string of the molecule is COCc1ccc(C[C@@H](C)O)cc1. The third-order valence-electron chi connectivity index (χ3n) is 1.87. The van der Waals surface area contributed by atoms with E-state index < -0.39 is 0 Å². The van der Waals surface area contributed by atoms with Crippen LogP contribution in [0.3, 0.4) is 0 Å². The van der Waals surface area contributed by atoms with Gasteiger partial charge in [-0.05, 0) is 24.5 Å². The largest absolute Gasteiger partial charge is 0.393 e. The Morgan fingerprint density at radius 2 is 1.77 bits per heavy atom. The zero-order valence-corrected chi connectivity index (χ0v) is 8.16. The summed E-state index contributed by atoms with van der Waals surface area (Å²) in [6, 6.07) is 8.12. The minimum atomic E-state index is -0.270. The summed E-state index contributed by atoms with van der Waals surface area (Å²) in [5.74, 6) is 0. The highest BCUT2D eigenvalue weighted by atomic mass is 16.5. The summed E-state index contributed by atoms with van der Waals surface area (Å²) in [4.78, 5) is 0. The van der Waals surface area contributed by atoms with E-state index in [9.17, 15) is 0 Å². The van der Waals surface area contributed by atoms with Gasteiger partial charge in [-0.3, -0.25) is 0 Å². The molecule has 1 rings (SSSR count). The van der Waals surface area contributed by atoms with Gasteiger partial charge >= 0.3 is 0 Å². The van der Waals surface area contributed by atoms with Gasteiger partial charge in [-0.25, -0.2) is 0 Å². The standard InChI is InChI=1S/C11H16O2/c1-9(12)7-10-3-5-11(6-4-10)8-13-2/h3-6,9,12H,7-8H2,1-2H3/t9-/m1/s1. The fourth-order valence-corrected chi connectivity index (χ4v) is 1.28. The summed E-state index contributed by atoms with van der Waals surface area (Å²) in [5, 5.41) is 9.15. The van der Waals surface area contributed by atoms with E-state index in [4.69, 9.17) is 9.84 Å². The molecule has 13 heavy (non-hydrogen) atoms. The van der Waals surface area contributed by atoms with Crippen molar-refractivity contribution in [1.29, 1.82) is 0 Å². The van der Waals surface area contributed by atoms with Crippen LogP contribution in [0.4, 0.5) is 0 Å². The van der Waals surface area contributed by atoms with Crippen LogP contribution in [0.15, 0.2) is 24.3 Å². The van der Waals surface area contributed by atoms with Crippen molar-refractivity contribution in [1.82, 2.24) is 0 Å². The minimum absolute atomic E-state index is 0.270. The van der Waals surface area contributed by atoms with Gasteiger partial charge in [-0.2, -0.15) is 0 Å². The molecule has 0 heterocycles. The summed E-state index contributed by atoms with van der Waals surface area (Å²) in [6.45, 7) is 2.44. The molecule has 2 heteroatoms. The molecule has 2 nitrogen and oxygen atoms in total. The molecule has 0 unspecified atom stereocenters. The van der Waals surface area contributed by atoms with E-state index in [0.29, 0.717) is 13.0 Å². The van der Waals surface area contributed by atoms with Crippen LogP contribution in [0, 0.1) is 0 Å². The number of methoxy groups -OCH3 is 1. The van der Waals surface area contributed by atoms with Crippen molar-refractivity contribution in [2.45, 2.75) is 26.1 Å². The lowest BCUT2D eigenvalue weighted by Gasteiger charge is -2.05. The molecule has 0 amide bonds.